The van der Waals surface area contributed by atoms with Gasteiger partial charge in [0, 0.05) is 12.1 Å². The monoisotopic (exact) mass is 265 g/mol. The van der Waals surface area contributed by atoms with Gasteiger partial charge in [0.05, 0.1) is 19.6 Å². The molecule has 0 aliphatic carbocycles. The summed E-state index contributed by atoms with van der Waals surface area (Å²) in [7, 11) is 1.62. The van der Waals surface area contributed by atoms with Crippen LogP contribution in [0.2, 0.25) is 0 Å². The number of carbonyl (C=O) groups is 1. The van der Waals surface area contributed by atoms with Crippen LogP contribution in [0.4, 0.5) is 0 Å². The van der Waals surface area contributed by atoms with Gasteiger partial charge in [-0.15, -0.1) is 0 Å². The van der Waals surface area contributed by atoms with Crippen molar-refractivity contribution >= 4 is 5.91 Å². The Morgan fingerprint density at radius 3 is 2.53 bits per heavy atom. The lowest BCUT2D eigenvalue weighted by Crippen LogP contribution is -2.32. The van der Waals surface area contributed by atoms with Gasteiger partial charge in [-0.3, -0.25) is 4.79 Å². The summed E-state index contributed by atoms with van der Waals surface area (Å²) in [6, 6.07) is 3.99. The van der Waals surface area contributed by atoms with Crippen LogP contribution in [0.3, 0.4) is 0 Å². The number of benzene rings is 1. The van der Waals surface area contributed by atoms with Gasteiger partial charge in [-0.2, -0.15) is 0 Å². The Morgan fingerprint density at radius 2 is 2.00 bits per heavy atom. The molecule has 0 aromatic heterocycles. The largest absolute Gasteiger partial charge is 0.496 e. The maximum absolute atomic E-state index is 11.8. The summed E-state index contributed by atoms with van der Waals surface area (Å²) in [5.74, 6) is 0.322. The van der Waals surface area contributed by atoms with E-state index in [4.69, 9.17) is 9.84 Å². The molecule has 0 aliphatic heterocycles. The summed E-state index contributed by atoms with van der Waals surface area (Å²) in [6.45, 7) is 6.24. The molecule has 0 radical (unpaired) electrons. The van der Waals surface area contributed by atoms with Gasteiger partial charge in [0.2, 0.25) is 5.91 Å². The second-order valence-electron chi connectivity index (χ2n) is 4.75. The average molecular weight is 265 g/mol. The fraction of sp³-hybridized carbons (Fsp3) is 0.533. The Labute approximate surface area is 114 Å². The molecule has 1 amide bonds. The first-order chi connectivity index (χ1) is 9.03. The van der Waals surface area contributed by atoms with Gasteiger partial charge < -0.3 is 15.2 Å². The van der Waals surface area contributed by atoms with Gasteiger partial charge in [-0.05, 0) is 37.5 Å². The number of ether oxygens (including phenoxy) is 1. The van der Waals surface area contributed by atoms with Crippen LogP contribution in [0.5, 0.6) is 5.75 Å². The van der Waals surface area contributed by atoms with Gasteiger partial charge in [0.1, 0.15) is 5.75 Å². The summed E-state index contributed by atoms with van der Waals surface area (Å²) in [4.78, 5) is 11.8. The predicted molar refractivity (Wildman–Crippen MR) is 75.2 cm³/mol. The molecular formula is C15H23NO3. The van der Waals surface area contributed by atoms with E-state index >= 15 is 0 Å². The smallest absolute Gasteiger partial charge is 0.225 e. The van der Waals surface area contributed by atoms with E-state index in [2.05, 4.69) is 5.32 Å². The molecule has 0 saturated carbocycles. The standard InChI is InChI=1S/C15H23NO3/c1-5-12(9-17)15(18)16-8-13-6-10(2)11(3)7-14(13)19-4/h6-7,12,17H,5,8-9H2,1-4H3,(H,16,18). The summed E-state index contributed by atoms with van der Waals surface area (Å²) in [5, 5.41) is 11.9. The zero-order valence-electron chi connectivity index (χ0n) is 12.1. The Kier molecular flexibility index (Phi) is 5.83. The Bertz CT molecular complexity index is 439. The number of hydrogen-bond acceptors (Lipinski definition) is 3. The number of aliphatic hydroxyl groups excluding tert-OH is 1. The molecule has 19 heavy (non-hydrogen) atoms. The molecule has 1 aromatic rings. The first kappa shape index (κ1) is 15.5. The molecule has 0 spiro atoms. The number of hydrogen-bond donors (Lipinski definition) is 2. The second kappa shape index (κ2) is 7.14. The van der Waals surface area contributed by atoms with Gasteiger partial charge in [-0.1, -0.05) is 13.0 Å². The van der Waals surface area contributed by atoms with Crippen molar-refractivity contribution < 1.29 is 14.6 Å². The molecule has 1 atom stereocenters. The third-order valence-corrected chi connectivity index (χ3v) is 3.43. The zero-order chi connectivity index (χ0) is 14.4. The van der Waals surface area contributed by atoms with Gasteiger partial charge in [0.15, 0.2) is 0 Å². The highest BCUT2D eigenvalue weighted by molar-refractivity contribution is 5.78. The third-order valence-electron chi connectivity index (χ3n) is 3.43. The number of methoxy groups -OCH3 is 1. The fourth-order valence-corrected chi connectivity index (χ4v) is 1.90. The highest BCUT2D eigenvalue weighted by Gasteiger charge is 2.15. The molecule has 0 aliphatic rings. The van der Waals surface area contributed by atoms with E-state index < -0.39 is 0 Å². The molecule has 1 aromatic carbocycles. The van der Waals surface area contributed by atoms with E-state index in [0.29, 0.717) is 13.0 Å². The summed E-state index contributed by atoms with van der Waals surface area (Å²) < 4.78 is 5.33. The zero-order valence-corrected chi connectivity index (χ0v) is 12.1. The second-order valence-corrected chi connectivity index (χ2v) is 4.75. The van der Waals surface area contributed by atoms with Crippen molar-refractivity contribution in [3.8, 4) is 5.75 Å². The normalized spacial score (nSPS) is 12.1. The minimum absolute atomic E-state index is 0.119. The Balaban J connectivity index is 2.77. The molecule has 106 valence electrons. The van der Waals surface area contributed by atoms with Crippen LogP contribution < -0.4 is 10.1 Å². The van der Waals surface area contributed by atoms with Gasteiger partial charge >= 0.3 is 0 Å². The van der Waals surface area contributed by atoms with Gasteiger partial charge in [-0.25, -0.2) is 0 Å². The number of nitrogens with one attached hydrogen (secondary N) is 1. The number of rotatable bonds is 6. The maximum atomic E-state index is 11.8. The SMILES string of the molecule is CCC(CO)C(=O)NCc1cc(C)c(C)cc1OC. The van der Waals surface area contributed by atoms with Crippen LogP contribution in [0.1, 0.15) is 30.0 Å². The molecule has 0 saturated heterocycles. The van der Waals surface area contributed by atoms with Crippen LogP contribution >= 0.6 is 0 Å². The molecule has 0 bridgehead atoms. The lowest BCUT2D eigenvalue weighted by Gasteiger charge is -2.15. The third kappa shape index (κ3) is 3.96. The van der Waals surface area contributed by atoms with Crippen molar-refractivity contribution in [1.82, 2.24) is 5.32 Å². The summed E-state index contributed by atoms with van der Waals surface area (Å²) in [5.41, 5.74) is 3.28. The van der Waals surface area contributed by atoms with Crippen molar-refractivity contribution in [1.29, 1.82) is 0 Å². The molecule has 1 rings (SSSR count). The van der Waals surface area contributed by atoms with Crippen molar-refractivity contribution in [2.24, 2.45) is 5.92 Å². The van der Waals surface area contributed by atoms with E-state index in [-0.39, 0.29) is 18.4 Å². The fourth-order valence-electron chi connectivity index (χ4n) is 1.90. The van der Waals surface area contributed by atoms with Crippen molar-refractivity contribution in [2.45, 2.75) is 33.7 Å². The molecule has 2 N–H and O–H groups in total. The highest BCUT2D eigenvalue weighted by Crippen LogP contribution is 2.23. The molecule has 0 fully saturated rings. The van der Waals surface area contributed by atoms with Crippen LogP contribution in [-0.4, -0.2) is 24.7 Å². The van der Waals surface area contributed by atoms with Crippen molar-refractivity contribution in [2.75, 3.05) is 13.7 Å². The average Bonchev–Trinajstić information content (AvgIpc) is 2.41. The van der Waals surface area contributed by atoms with E-state index in [1.807, 2.05) is 32.9 Å². The molecule has 1 unspecified atom stereocenters. The van der Waals surface area contributed by atoms with Crippen LogP contribution in [0, 0.1) is 19.8 Å². The van der Waals surface area contributed by atoms with Crippen LogP contribution in [0.15, 0.2) is 12.1 Å². The lowest BCUT2D eigenvalue weighted by atomic mass is 10.0. The Morgan fingerprint density at radius 1 is 1.37 bits per heavy atom. The number of aliphatic hydroxyl groups is 1. The van der Waals surface area contributed by atoms with Crippen LogP contribution in [-0.2, 0) is 11.3 Å². The lowest BCUT2D eigenvalue weighted by molar-refractivity contribution is -0.126. The Hall–Kier alpha value is -1.55. The van der Waals surface area contributed by atoms with E-state index in [1.165, 1.54) is 5.56 Å². The molecule has 4 heteroatoms. The highest BCUT2D eigenvalue weighted by atomic mass is 16.5. The molecule has 4 nitrogen and oxygen atoms in total. The number of amides is 1. The molecular weight excluding hydrogens is 242 g/mol. The van der Waals surface area contributed by atoms with E-state index in [0.717, 1.165) is 16.9 Å². The number of carbonyl (C=O) groups excluding carboxylic acids is 1. The number of aryl methyl sites for hydroxylation is 2. The molecule has 0 heterocycles. The topological polar surface area (TPSA) is 58.6 Å². The minimum atomic E-state index is -0.336. The quantitative estimate of drug-likeness (QED) is 0.826. The van der Waals surface area contributed by atoms with Crippen molar-refractivity contribution in [3.63, 3.8) is 0 Å². The predicted octanol–water partition coefficient (Wildman–Crippen LogP) is 1.95. The first-order valence-electron chi connectivity index (χ1n) is 6.56. The maximum Gasteiger partial charge on any atom is 0.225 e. The minimum Gasteiger partial charge on any atom is -0.496 e. The van der Waals surface area contributed by atoms with Crippen molar-refractivity contribution in [3.05, 3.63) is 28.8 Å². The first-order valence-corrected chi connectivity index (χ1v) is 6.56. The van der Waals surface area contributed by atoms with E-state index in [9.17, 15) is 4.79 Å². The summed E-state index contributed by atoms with van der Waals surface area (Å²) in [6.07, 6.45) is 0.631. The van der Waals surface area contributed by atoms with E-state index in [1.54, 1.807) is 7.11 Å². The van der Waals surface area contributed by atoms with Gasteiger partial charge in [0.25, 0.3) is 0 Å². The van der Waals surface area contributed by atoms with Crippen LogP contribution in [0.25, 0.3) is 0 Å². The summed E-state index contributed by atoms with van der Waals surface area (Å²) >= 11 is 0.